The second kappa shape index (κ2) is 3.41. The summed E-state index contributed by atoms with van der Waals surface area (Å²) in [7, 11) is 0. The Balaban J connectivity index is 2.49. The van der Waals surface area contributed by atoms with Crippen LogP contribution in [0, 0.1) is 6.92 Å². The fourth-order valence-corrected chi connectivity index (χ4v) is 1.01. The standard InChI is InChI=1S/C6H8N2OS/c1-3-4-10-6-8-7-5(2)9-6/h3H,1,4H2,2H3. The van der Waals surface area contributed by atoms with Crippen LogP contribution < -0.4 is 0 Å². The molecular weight excluding hydrogens is 148 g/mol. The van der Waals surface area contributed by atoms with Gasteiger partial charge in [-0.25, -0.2) is 0 Å². The monoisotopic (exact) mass is 156 g/mol. The Morgan fingerprint density at radius 3 is 3.00 bits per heavy atom. The molecule has 0 spiro atoms. The van der Waals surface area contributed by atoms with Crippen LogP contribution in [-0.2, 0) is 0 Å². The van der Waals surface area contributed by atoms with Crippen molar-refractivity contribution in [3.8, 4) is 0 Å². The van der Waals surface area contributed by atoms with Gasteiger partial charge >= 0.3 is 0 Å². The number of hydrogen-bond acceptors (Lipinski definition) is 4. The van der Waals surface area contributed by atoms with Crippen LogP contribution in [0.2, 0.25) is 0 Å². The van der Waals surface area contributed by atoms with Crippen molar-refractivity contribution in [1.29, 1.82) is 0 Å². The molecule has 0 aliphatic heterocycles. The van der Waals surface area contributed by atoms with Gasteiger partial charge in [-0.05, 0) is 0 Å². The van der Waals surface area contributed by atoms with Crippen LogP contribution in [0.1, 0.15) is 5.89 Å². The highest BCUT2D eigenvalue weighted by Crippen LogP contribution is 2.14. The van der Waals surface area contributed by atoms with E-state index in [0.29, 0.717) is 11.1 Å². The van der Waals surface area contributed by atoms with Crippen LogP contribution in [0.15, 0.2) is 22.3 Å². The molecule has 0 atom stereocenters. The van der Waals surface area contributed by atoms with Crippen LogP contribution in [0.25, 0.3) is 0 Å². The quantitative estimate of drug-likeness (QED) is 0.492. The number of hydrogen-bond donors (Lipinski definition) is 0. The molecule has 0 saturated heterocycles. The van der Waals surface area contributed by atoms with E-state index < -0.39 is 0 Å². The Hall–Kier alpha value is -0.770. The van der Waals surface area contributed by atoms with Crippen LogP contribution in [0.4, 0.5) is 0 Å². The van der Waals surface area contributed by atoms with E-state index in [2.05, 4.69) is 16.8 Å². The average Bonchev–Trinajstić information content (AvgIpc) is 2.31. The summed E-state index contributed by atoms with van der Waals surface area (Å²) in [4.78, 5) is 0. The number of aryl methyl sites for hydroxylation is 1. The van der Waals surface area contributed by atoms with Crippen molar-refractivity contribution < 1.29 is 4.42 Å². The van der Waals surface area contributed by atoms with Gasteiger partial charge in [-0.2, -0.15) is 0 Å². The summed E-state index contributed by atoms with van der Waals surface area (Å²) in [6.07, 6.45) is 1.80. The Kier molecular flexibility index (Phi) is 2.50. The van der Waals surface area contributed by atoms with Gasteiger partial charge in [0.2, 0.25) is 5.89 Å². The van der Waals surface area contributed by atoms with Crippen molar-refractivity contribution >= 4 is 11.8 Å². The maximum atomic E-state index is 5.08. The topological polar surface area (TPSA) is 38.9 Å². The second-order valence-corrected chi connectivity index (χ2v) is 2.66. The Bertz CT molecular complexity index is 221. The molecule has 0 N–H and O–H groups in total. The first-order chi connectivity index (χ1) is 4.83. The van der Waals surface area contributed by atoms with Crippen molar-refractivity contribution in [2.75, 3.05) is 5.75 Å². The van der Waals surface area contributed by atoms with E-state index in [9.17, 15) is 0 Å². The normalized spacial score (nSPS) is 9.70. The minimum Gasteiger partial charge on any atom is -0.416 e. The number of rotatable bonds is 3. The lowest BCUT2D eigenvalue weighted by molar-refractivity contribution is 0.429. The van der Waals surface area contributed by atoms with Crippen molar-refractivity contribution in [2.45, 2.75) is 12.1 Å². The first-order valence-electron chi connectivity index (χ1n) is 2.86. The summed E-state index contributed by atoms with van der Waals surface area (Å²) in [6.45, 7) is 5.34. The van der Waals surface area contributed by atoms with Crippen LogP contribution in [-0.4, -0.2) is 16.0 Å². The molecule has 0 bridgehead atoms. The molecule has 0 unspecified atom stereocenters. The summed E-state index contributed by atoms with van der Waals surface area (Å²) in [5.74, 6) is 1.41. The van der Waals surface area contributed by atoms with Crippen LogP contribution in [0.5, 0.6) is 0 Å². The predicted octanol–water partition coefficient (Wildman–Crippen LogP) is 1.66. The Labute approximate surface area is 63.5 Å². The van der Waals surface area contributed by atoms with Crippen molar-refractivity contribution in [3.63, 3.8) is 0 Å². The van der Waals surface area contributed by atoms with E-state index in [-0.39, 0.29) is 0 Å². The summed E-state index contributed by atoms with van der Waals surface area (Å²) >= 11 is 1.48. The maximum absolute atomic E-state index is 5.08. The minimum atomic E-state index is 0.603. The van der Waals surface area contributed by atoms with Crippen molar-refractivity contribution in [2.24, 2.45) is 0 Å². The third-order valence-electron chi connectivity index (χ3n) is 0.832. The SMILES string of the molecule is C=CCSc1nnc(C)o1. The molecule has 3 nitrogen and oxygen atoms in total. The van der Waals surface area contributed by atoms with E-state index in [1.807, 2.05) is 0 Å². The maximum Gasteiger partial charge on any atom is 0.276 e. The van der Waals surface area contributed by atoms with Gasteiger partial charge in [0.05, 0.1) is 0 Å². The van der Waals surface area contributed by atoms with Crippen LogP contribution >= 0.6 is 11.8 Å². The predicted molar refractivity (Wildman–Crippen MR) is 40.0 cm³/mol. The Morgan fingerprint density at radius 2 is 2.50 bits per heavy atom. The molecule has 0 amide bonds. The zero-order valence-corrected chi connectivity index (χ0v) is 6.52. The molecule has 1 heterocycles. The lowest BCUT2D eigenvalue weighted by atomic mass is 10.8. The Morgan fingerprint density at radius 1 is 1.70 bits per heavy atom. The number of nitrogens with zero attached hydrogens (tertiary/aromatic N) is 2. The summed E-state index contributed by atoms with van der Waals surface area (Å²) in [5.41, 5.74) is 0. The summed E-state index contributed by atoms with van der Waals surface area (Å²) in [5, 5.41) is 8.06. The molecule has 54 valence electrons. The highest BCUT2D eigenvalue weighted by atomic mass is 32.2. The molecule has 0 fully saturated rings. The molecule has 10 heavy (non-hydrogen) atoms. The molecule has 4 heteroatoms. The third kappa shape index (κ3) is 1.88. The molecule has 1 aromatic rings. The van der Waals surface area contributed by atoms with Gasteiger partial charge in [0, 0.05) is 12.7 Å². The summed E-state index contributed by atoms with van der Waals surface area (Å²) < 4.78 is 5.08. The average molecular weight is 156 g/mol. The highest BCUT2D eigenvalue weighted by molar-refractivity contribution is 7.99. The van der Waals surface area contributed by atoms with Crippen molar-refractivity contribution in [3.05, 3.63) is 18.5 Å². The first kappa shape index (κ1) is 7.34. The zero-order valence-electron chi connectivity index (χ0n) is 5.70. The van der Waals surface area contributed by atoms with Gasteiger partial charge in [-0.1, -0.05) is 17.8 Å². The van der Waals surface area contributed by atoms with E-state index in [0.717, 1.165) is 5.75 Å². The van der Waals surface area contributed by atoms with Crippen molar-refractivity contribution in [1.82, 2.24) is 10.2 Å². The molecule has 0 aliphatic rings. The molecular formula is C6H8N2OS. The van der Waals surface area contributed by atoms with Gasteiger partial charge in [0.15, 0.2) is 0 Å². The largest absolute Gasteiger partial charge is 0.416 e. The van der Waals surface area contributed by atoms with E-state index in [4.69, 9.17) is 4.42 Å². The van der Waals surface area contributed by atoms with Gasteiger partial charge in [0.1, 0.15) is 0 Å². The zero-order chi connectivity index (χ0) is 7.40. The van der Waals surface area contributed by atoms with E-state index in [1.165, 1.54) is 11.8 Å². The number of aromatic nitrogens is 2. The second-order valence-electron chi connectivity index (χ2n) is 1.69. The van der Waals surface area contributed by atoms with Gasteiger partial charge < -0.3 is 4.42 Å². The first-order valence-corrected chi connectivity index (χ1v) is 3.85. The van der Waals surface area contributed by atoms with E-state index >= 15 is 0 Å². The molecule has 0 saturated carbocycles. The van der Waals surface area contributed by atoms with Gasteiger partial charge in [0.25, 0.3) is 5.22 Å². The third-order valence-corrected chi connectivity index (χ3v) is 1.65. The van der Waals surface area contributed by atoms with Gasteiger partial charge in [-0.3, -0.25) is 0 Å². The van der Waals surface area contributed by atoms with Crippen LogP contribution in [0.3, 0.4) is 0 Å². The molecule has 1 aromatic heterocycles. The highest BCUT2D eigenvalue weighted by Gasteiger charge is 1.99. The molecule has 1 rings (SSSR count). The number of thioether (sulfide) groups is 1. The molecule has 0 aromatic carbocycles. The molecule has 0 aliphatic carbocycles. The smallest absolute Gasteiger partial charge is 0.276 e. The fraction of sp³-hybridized carbons (Fsp3) is 0.333. The molecule has 0 radical (unpaired) electrons. The summed E-state index contributed by atoms with van der Waals surface area (Å²) in [6, 6.07) is 0. The lowest BCUT2D eigenvalue weighted by Crippen LogP contribution is -1.72. The van der Waals surface area contributed by atoms with Gasteiger partial charge in [-0.15, -0.1) is 16.8 Å². The minimum absolute atomic E-state index is 0.603. The lowest BCUT2D eigenvalue weighted by Gasteiger charge is -1.84. The van der Waals surface area contributed by atoms with E-state index in [1.54, 1.807) is 13.0 Å². The fourth-order valence-electron chi connectivity index (χ4n) is 0.467.